The van der Waals surface area contributed by atoms with Crippen molar-refractivity contribution in [2.75, 3.05) is 20.6 Å². The molecule has 78 valence electrons. The van der Waals surface area contributed by atoms with Crippen molar-refractivity contribution in [1.29, 1.82) is 0 Å². The summed E-state index contributed by atoms with van der Waals surface area (Å²) in [6.07, 6.45) is 2.03. The molecular weight excluding hydrogens is 182 g/mol. The molecule has 1 aromatic rings. The SMILES string of the molecule is CN(C)C(=O)CCNCc1ccon1. The number of amides is 1. The molecule has 1 rings (SSSR count). The Labute approximate surface area is 83.1 Å². The van der Waals surface area contributed by atoms with Gasteiger partial charge in [0.25, 0.3) is 0 Å². The van der Waals surface area contributed by atoms with E-state index in [9.17, 15) is 4.79 Å². The van der Waals surface area contributed by atoms with Crippen molar-refractivity contribution in [3.63, 3.8) is 0 Å². The maximum absolute atomic E-state index is 11.2. The Morgan fingerprint density at radius 1 is 1.64 bits per heavy atom. The molecule has 0 saturated carbocycles. The molecular formula is C9H15N3O2. The van der Waals surface area contributed by atoms with Gasteiger partial charge in [0.15, 0.2) is 0 Å². The molecule has 0 aliphatic rings. The van der Waals surface area contributed by atoms with E-state index in [0.29, 0.717) is 19.5 Å². The minimum absolute atomic E-state index is 0.123. The first-order chi connectivity index (χ1) is 6.70. The van der Waals surface area contributed by atoms with Gasteiger partial charge >= 0.3 is 0 Å². The molecule has 5 heteroatoms. The average molecular weight is 197 g/mol. The lowest BCUT2D eigenvalue weighted by atomic mass is 10.3. The highest BCUT2D eigenvalue weighted by Gasteiger charge is 2.02. The number of nitrogens with zero attached hydrogens (tertiary/aromatic N) is 2. The molecule has 0 unspecified atom stereocenters. The fourth-order valence-corrected chi connectivity index (χ4v) is 0.964. The lowest BCUT2D eigenvalue weighted by Crippen LogP contribution is -2.26. The monoisotopic (exact) mass is 197 g/mol. The van der Waals surface area contributed by atoms with Crippen LogP contribution in [0.5, 0.6) is 0 Å². The number of aromatic nitrogens is 1. The van der Waals surface area contributed by atoms with Crippen LogP contribution in [0.1, 0.15) is 12.1 Å². The Morgan fingerprint density at radius 3 is 3.00 bits per heavy atom. The van der Waals surface area contributed by atoms with E-state index in [2.05, 4.69) is 15.0 Å². The summed E-state index contributed by atoms with van der Waals surface area (Å²) in [7, 11) is 3.50. The van der Waals surface area contributed by atoms with Gasteiger partial charge in [0, 0.05) is 39.7 Å². The maximum Gasteiger partial charge on any atom is 0.223 e. The van der Waals surface area contributed by atoms with Crippen molar-refractivity contribution in [2.45, 2.75) is 13.0 Å². The van der Waals surface area contributed by atoms with E-state index in [1.54, 1.807) is 25.1 Å². The third kappa shape index (κ3) is 3.57. The average Bonchev–Trinajstić information content (AvgIpc) is 2.64. The summed E-state index contributed by atoms with van der Waals surface area (Å²) < 4.78 is 4.67. The molecule has 0 atom stereocenters. The van der Waals surface area contributed by atoms with Crippen LogP contribution in [-0.2, 0) is 11.3 Å². The quantitative estimate of drug-likeness (QED) is 0.687. The molecule has 0 saturated heterocycles. The zero-order chi connectivity index (χ0) is 10.4. The highest BCUT2D eigenvalue weighted by molar-refractivity contribution is 5.75. The second kappa shape index (κ2) is 5.39. The third-order valence-corrected chi connectivity index (χ3v) is 1.81. The molecule has 0 aromatic carbocycles. The first-order valence-electron chi connectivity index (χ1n) is 4.50. The molecule has 1 heterocycles. The van der Waals surface area contributed by atoms with Crippen LogP contribution >= 0.6 is 0 Å². The molecule has 1 amide bonds. The van der Waals surface area contributed by atoms with Gasteiger partial charge in [-0.1, -0.05) is 5.16 Å². The zero-order valence-corrected chi connectivity index (χ0v) is 8.49. The Bertz CT molecular complexity index is 270. The zero-order valence-electron chi connectivity index (χ0n) is 8.49. The van der Waals surface area contributed by atoms with Gasteiger partial charge < -0.3 is 14.7 Å². The van der Waals surface area contributed by atoms with Gasteiger partial charge in [-0.2, -0.15) is 0 Å². The van der Waals surface area contributed by atoms with Crippen LogP contribution in [0.2, 0.25) is 0 Å². The smallest absolute Gasteiger partial charge is 0.223 e. The van der Waals surface area contributed by atoms with Crippen molar-refractivity contribution < 1.29 is 9.32 Å². The topological polar surface area (TPSA) is 58.4 Å². The number of nitrogens with one attached hydrogen (secondary N) is 1. The van der Waals surface area contributed by atoms with Gasteiger partial charge in [-0.15, -0.1) is 0 Å². The number of carbonyl (C=O) groups is 1. The lowest BCUT2D eigenvalue weighted by molar-refractivity contribution is -0.128. The number of carbonyl (C=O) groups excluding carboxylic acids is 1. The number of hydrogen-bond acceptors (Lipinski definition) is 4. The predicted molar refractivity (Wildman–Crippen MR) is 51.5 cm³/mol. The summed E-state index contributed by atoms with van der Waals surface area (Å²) in [6, 6.07) is 1.79. The van der Waals surface area contributed by atoms with E-state index in [1.807, 2.05) is 0 Å². The van der Waals surface area contributed by atoms with Crippen molar-refractivity contribution in [3.8, 4) is 0 Å². The van der Waals surface area contributed by atoms with E-state index in [1.165, 1.54) is 6.26 Å². The molecule has 0 radical (unpaired) electrons. The van der Waals surface area contributed by atoms with E-state index in [-0.39, 0.29) is 5.91 Å². The Hall–Kier alpha value is -1.36. The molecule has 0 bridgehead atoms. The first-order valence-corrected chi connectivity index (χ1v) is 4.50. The molecule has 5 nitrogen and oxygen atoms in total. The van der Waals surface area contributed by atoms with Gasteiger partial charge in [0.1, 0.15) is 6.26 Å². The van der Waals surface area contributed by atoms with E-state index < -0.39 is 0 Å². The number of rotatable bonds is 5. The lowest BCUT2D eigenvalue weighted by Gasteiger charge is -2.09. The highest BCUT2D eigenvalue weighted by atomic mass is 16.5. The summed E-state index contributed by atoms with van der Waals surface area (Å²) in [5.41, 5.74) is 0.849. The molecule has 0 aliphatic carbocycles. The fraction of sp³-hybridized carbons (Fsp3) is 0.556. The van der Waals surface area contributed by atoms with Crippen molar-refractivity contribution in [2.24, 2.45) is 0 Å². The standard InChI is InChI=1S/C9H15N3O2/c1-12(2)9(13)3-5-10-7-8-4-6-14-11-8/h4,6,10H,3,5,7H2,1-2H3. The molecule has 14 heavy (non-hydrogen) atoms. The van der Waals surface area contributed by atoms with Crippen LogP contribution in [0.4, 0.5) is 0 Å². The highest BCUT2D eigenvalue weighted by Crippen LogP contribution is 1.93. The van der Waals surface area contributed by atoms with E-state index in [0.717, 1.165) is 5.69 Å². The van der Waals surface area contributed by atoms with E-state index >= 15 is 0 Å². The normalized spacial score (nSPS) is 10.1. The van der Waals surface area contributed by atoms with Crippen molar-refractivity contribution in [3.05, 3.63) is 18.0 Å². The summed E-state index contributed by atoms with van der Waals surface area (Å²) in [4.78, 5) is 12.7. The minimum Gasteiger partial charge on any atom is -0.364 e. The second-order valence-electron chi connectivity index (χ2n) is 3.21. The van der Waals surface area contributed by atoms with Gasteiger partial charge in [-0.25, -0.2) is 0 Å². The van der Waals surface area contributed by atoms with E-state index in [4.69, 9.17) is 0 Å². The van der Waals surface area contributed by atoms with Crippen molar-refractivity contribution >= 4 is 5.91 Å². The fourth-order valence-electron chi connectivity index (χ4n) is 0.964. The minimum atomic E-state index is 0.123. The van der Waals surface area contributed by atoms with Gasteiger partial charge in [-0.3, -0.25) is 4.79 Å². The first kappa shape index (κ1) is 10.7. The van der Waals surface area contributed by atoms with Crippen LogP contribution in [0, 0.1) is 0 Å². The Morgan fingerprint density at radius 2 is 2.43 bits per heavy atom. The maximum atomic E-state index is 11.2. The molecule has 1 N–H and O–H groups in total. The van der Waals surface area contributed by atoms with Gasteiger partial charge in [0.05, 0.1) is 5.69 Å². The van der Waals surface area contributed by atoms with Crippen molar-refractivity contribution in [1.82, 2.24) is 15.4 Å². The molecule has 0 aliphatic heterocycles. The van der Waals surface area contributed by atoms with Crippen LogP contribution in [0.15, 0.2) is 16.9 Å². The molecule has 0 spiro atoms. The largest absolute Gasteiger partial charge is 0.364 e. The second-order valence-corrected chi connectivity index (χ2v) is 3.21. The van der Waals surface area contributed by atoms with Crippen LogP contribution in [0.3, 0.4) is 0 Å². The summed E-state index contributed by atoms with van der Waals surface area (Å²) in [6.45, 7) is 1.29. The summed E-state index contributed by atoms with van der Waals surface area (Å²) in [5, 5.41) is 6.84. The summed E-state index contributed by atoms with van der Waals surface area (Å²) >= 11 is 0. The van der Waals surface area contributed by atoms with Crippen LogP contribution < -0.4 is 5.32 Å². The predicted octanol–water partition coefficient (Wildman–Crippen LogP) is 0.242. The summed E-state index contributed by atoms with van der Waals surface area (Å²) in [5.74, 6) is 0.123. The number of hydrogen-bond donors (Lipinski definition) is 1. The van der Waals surface area contributed by atoms with Gasteiger partial charge in [-0.05, 0) is 0 Å². The van der Waals surface area contributed by atoms with Gasteiger partial charge in [0.2, 0.25) is 5.91 Å². The Kier molecular flexibility index (Phi) is 4.12. The molecule has 0 fully saturated rings. The Balaban J connectivity index is 2.08. The molecule has 1 aromatic heterocycles. The van der Waals surface area contributed by atoms with Crippen LogP contribution in [0.25, 0.3) is 0 Å². The third-order valence-electron chi connectivity index (χ3n) is 1.81. The van der Waals surface area contributed by atoms with Crippen LogP contribution in [-0.4, -0.2) is 36.6 Å².